The van der Waals surface area contributed by atoms with Crippen LogP contribution in [-0.2, 0) is 11.2 Å². The van der Waals surface area contributed by atoms with Gasteiger partial charge in [0.05, 0.1) is 12.5 Å². The first kappa shape index (κ1) is 17.3. The molecule has 1 atom stereocenters. The van der Waals surface area contributed by atoms with E-state index in [1.54, 1.807) is 18.3 Å². The van der Waals surface area contributed by atoms with Crippen LogP contribution in [0.25, 0.3) is 10.8 Å². The van der Waals surface area contributed by atoms with Gasteiger partial charge in [0.2, 0.25) is 5.91 Å². The minimum absolute atomic E-state index is 0.0170. The Kier molecular flexibility index (Phi) is 4.84. The number of carbonyl (C=O) groups is 1. The minimum Gasteiger partial charge on any atom is -0.335 e. The molecule has 4 rings (SSSR count). The van der Waals surface area contributed by atoms with Crippen LogP contribution in [0.15, 0.2) is 54.9 Å². The Hall–Kier alpha value is -2.10. The molecule has 1 aliphatic rings. The average Bonchev–Trinajstić information content (AvgIpc) is 3.14. The molecule has 1 saturated heterocycles. The van der Waals surface area contributed by atoms with Crippen molar-refractivity contribution >= 4 is 39.9 Å². The highest BCUT2D eigenvalue weighted by atomic mass is 35.5. The van der Waals surface area contributed by atoms with Gasteiger partial charge in [-0.3, -0.25) is 9.78 Å². The molecule has 132 valence electrons. The smallest absolute Gasteiger partial charge is 0.227 e. The van der Waals surface area contributed by atoms with Crippen molar-refractivity contribution in [2.75, 3.05) is 6.54 Å². The maximum atomic E-state index is 13.1. The van der Waals surface area contributed by atoms with Gasteiger partial charge < -0.3 is 4.90 Å². The SMILES string of the molecule is O=C(Cc1cncc2ccccc12)N1CCCC1c1cc(Cl)ccc1Cl. The molecule has 1 aromatic heterocycles. The number of nitrogens with zero attached hydrogens (tertiary/aromatic N) is 2. The number of amides is 1. The quantitative estimate of drug-likeness (QED) is 0.601. The highest BCUT2D eigenvalue weighted by molar-refractivity contribution is 6.33. The van der Waals surface area contributed by atoms with E-state index in [1.807, 2.05) is 41.4 Å². The minimum atomic E-state index is -0.0170. The number of rotatable bonds is 3. The lowest BCUT2D eigenvalue weighted by Crippen LogP contribution is -2.32. The number of hydrogen-bond donors (Lipinski definition) is 0. The first-order valence-electron chi connectivity index (χ1n) is 8.69. The largest absolute Gasteiger partial charge is 0.335 e. The van der Waals surface area contributed by atoms with Crippen LogP contribution in [0.4, 0.5) is 0 Å². The zero-order valence-electron chi connectivity index (χ0n) is 14.2. The number of aromatic nitrogens is 1. The number of hydrogen-bond acceptors (Lipinski definition) is 2. The Labute approximate surface area is 162 Å². The molecule has 26 heavy (non-hydrogen) atoms. The van der Waals surface area contributed by atoms with Gasteiger partial charge in [-0.25, -0.2) is 0 Å². The van der Waals surface area contributed by atoms with Crippen molar-refractivity contribution in [2.45, 2.75) is 25.3 Å². The molecule has 5 heteroatoms. The van der Waals surface area contributed by atoms with E-state index in [0.717, 1.165) is 41.3 Å². The van der Waals surface area contributed by atoms with Crippen LogP contribution in [0.3, 0.4) is 0 Å². The Morgan fingerprint density at radius 3 is 2.88 bits per heavy atom. The summed E-state index contributed by atoms with van der Waals surface area (Å²) in [5.74, 6) is 0.0988. The third kappa shape index (κ3) is 3.29. The molecule has 0 spiro atoms. The second-order valence-corrected chi connectivity index (χ2v) is 7.45. The summed E-state index contributed by atoms with van der Waals surface area (Å²) in [7, 11) is 0. The number of carbonyl (C=O) groups excluding carboxylic acids is 1. The van der Waals surface area contributed by atoms with Gasteiger partial charge in [-0.15, -0.1) is 0 Å². The van der Waals surface area contributed by atoms with Crippen molar-refractivity contribution in [1.82, 2.24) is 9.88 Å². The normalized spacial score (nSPS) is 17.0. The standard InChI is InChI=1S/C21H18Cl2N2O/c22-16-7-8-19(23)18(11-16)20-6-3-9-25(20)21(26)10-15-13-24-12-14-4-1-2-5-17(14)15/h1-2,4-5,7-8,11-13,20H,3,6,9-10H2. The van der Waals surface area contributed by atoms with Crippen LogP contribution in [-0.4, -0.2) is 22.3 Å². The van der Waals surface area contributed by atoms with Gasteiger partial charge >= 0.3 is 0 Å². The second-order valence-electron chi connectivity index (χ2n) is 6.61. The lowest BCUT2D eigenvalue weighted by molar-refractivity contribution is -0.131. The monoisotopic (exact) mass is 384 g/mol. The predicted octanol–water partition coefficient (Wildman–Crippen LogP) is 5.45. The zero-order valence-corrected chi connectivity index (χ0v) is 15.7. The van der Waals surface area contributed by atoms with Crippen molar-refractivity contribution < 1.29 is 4.79 Å². The van der Waals surface area contributed by atoms with Gasteiger partial charge in [-0.1, -0.05) is 47.5 Å². The van der Waals surface area contributed by atoms with Gasteiger partial charge in [0.25, 0.3) is 0 Å². The van der Waals surface area contributed by atoms with Crippen LogP contribution in [0.2, 0.25) is 10.0 Å². The fourth-order valence-corrected chi connectivity index (χ4v) is 4.17. The summed E-state index contributed by atoms with van der Waals surface area (Å²) in [5.41, 5.74) is 1.89. The molecular formula is C21H18Cl2N2O. The Morgan fingerprint density at radius 2 is 2.00 bits per heavy atom. The van der Waals surface area contributed by atoms with E-state index in [2.05, 4.69) is 4.98 Å². The summed E-state index contributed by atoms with van der Waals surface area (Å²) < 4.78 is 0. The number of pyridine rings is 1. The number of fused-ring (bicyclic) bond motifs is 1. The number of likely N-dealkylation sites (tertiary alicyclic amines) is 1. The predicted molar refractivity (Wildman–Crippen MR) is 106 cm³/mol. The Morgan fingerprint density at radius 1 is 1.15 bits per heavy atom. The fourth-order valence-electron chi connectivity index (χ4n) is 3.74. The Balaban J connectivity index is 1.62. The first-order valence-corrected chi connectivity index (χ1v) is 9.45. The van der Waals surface area contributed by atoms with Gasteiger partial charge in [-0.2, -0.15) is 0 Å². The third-order valence-electron chi connectivity index (χ3n) is 4.98. The lowest BCUT2D eigenvalue weighted by Gasteiger charge is -2.26. The van der Waals surface area contributed by atoms with E-state index in [-0.39, 0.29) is 11.9 Å². The molecule has 0 aliphatic carbocycles. The summed E-state index contributed by atoms with van der Waals surface area (Å²) in [5, 5.41) is 3.42. The van der Waals surface area contributed by atoms with Crippen LogP contribution in [0.1, 0.15) is 30.0 Å². The lowest BCUT2D eigenvalue weighted by atomic mass is 10.0. The van der Waals surface area contributed by atoms with Crippen LogP contribution in [0.5, 0.6) is 0 Å². The van der Waals surface area contributed by atoms with Crippen LogP contribution in [0, 0.1) is 0 Å². The first-order chi connectivity index (χ1) is 12.6. The van der Waals surface area contributed by atoms with Crippen LogP contribution >= 0.6 is 23.2 Å². The molecule has 0 N–H and O–H groups in total. The summed E-state index contributed by atoms with van der Waals surface area (Å²) in [6, 6.07) is 13.4. The second kappa shape index (κ2) is 7.26. The van der Waals surface area contributed by atoms with E-state index in [0.29, 0.717) is 16.5 Å². The van der Waals surface area contributed by atoms with E-state index >= 15 is 0 Å². The maximum absolute atomic E-state index is 13.1. The molecule has 0 saturated carbocycles. The molecule has 1 unspecified atom stereocenters. The average molecular weight is 385 g/mol. The zero-order chi connectivity index (χ0) is 18.1. The molecule has 0 radical (unpaired) electrons. The summed E-state index contributed by atoms with van der Waals surface area (Å²) >= 11 is 12.5. The summed E-state index contributed by atoms with van der Waals surface area (Å²) in [6.45, 7) is 0.741. The van der Waals surface area contributed by atoms with Gasteiger partial charge in [0.1, 0.15) is 0 Å². The van der Waals surface area contributed by atoms with Crippen molar-refractivity contribution in [3.8, 4) is 0 Å². The molecule has 3 nitrogen and oxygen atoms in total. The van der Waals surface area contributed by atoms with Gasteiger partial charge in [0, 0.05) is 34.4 Å². The third-order valence-corrected chi connectivity index (χ3v) is 5.56. The topological polar surface area (TPSA) is 33.2 Å². The van der Waals surface area contributed by atoms with Crippen molar-refractivity contribution in [1.29, 1.82) is 0 Å². The molecule has 3 aromatic rings. The fraction of sp³-hybridized carbons (Fsp3) is 0.238. The molecule has 1 aliphatic heterocycles. The molecule has 0 bridgehead atoms. The van der Waals surface area contributed by atoms with E-state index in [4.69, 9.17) is 23.2 Å². The van der Waals surface area contributed by atoms with E-state index in [9.17, 15) is 4.79 Å². The van der Waals surface area contributed by atoms with Crippen molar-refractivity contribution in [3.05, 3.63) is 76.0 Å². The summed E-state index contributed by atoms with van der Waals surface area (Å²) in [6.07, 6.45) is 5.82. The highest BCUT2D eigenvalue weighted by Crippen LogP contribution is 2.37. The van der Waals surface area contributed by atoms with Crippen LogP contribution < -0.4 is 0 Å². The van der Waals surface area contributed by atoms with E-state index in [1.165, 1.54) is 0 Å². The maximum Gasteiger partial charge on any atom is 0.227 e. The molecule has 2 heterocycles. The molecule has 1 fully saturated rings. The van der Waals surface area contributed by atoms with Gasteiger partial charge in [0.15, 0.2) is 0 Å². The van der Waals surface area contributed by atoms with Gasteiger partial charge in [-0.05, 0) is 47.6 Å². The number of halogens is 2. The van der Waals surface area contributed by atoms with Crippen molar-refractivity contribution in [3.63, 3.8) is 0 Å². The molecular weight excluding hydrogens is 367 g/mol. The number of benzene rings is 2. The summed E-state index contributed by atoms with van der Waals surface area (Å²) in [4.78, 5) is 19.3. The van der Waals surface area contributed by atoms with Crippen molar-refractivity contribution in [2.24, 2.45) is 0 Å². The molecule has 1 amide bonds. The Bertz CT molecular complexity index is 968. The molecule has 2 aromatic carbocycles. The highest BCUT2D eigenvalue weighted by Gasteiger charge is 2.31. The van der Waals surface area contributed by atoms with E-state index < -0.39 is 0 Å².